The molecule has 0 aliphatic carbocycles. The minimum absolute atomic E-state index is 0.0528. The van der Waals surface area contributed by atoms with E-state index in [1.165, 1.54) is 12.1 Å². The van der Waals surface area contributed by atoms with Crippen molar-refractivity contribution in [2.75, 3.05) is 6.61 Å². The third-order valence-corrected chi connectivity index (χ3v) is 2.86. The Kier molecular flexibility index (Phi) is 5.55. The molecule has 1 aromatic carbocycles. The molecule has 1 N–H and O–H groups in total. The molecule has 0 aliphatic rings. The van der Waals surface area contributed by atoms with Crippen LogP contribution >= 0.6 is 0 Å². The summed E-state index contributed by atoms with van der Waals surface area (Å²) in [5.41, 5.74) is 0.190. The van der Waals surface area contributed by atoms with E-state index in [0.717, 1.165) is 0 Å². The van der Waals surface area contributed by atoms with Gasteiger partial charge in [-0.15, -0.1) is 0 Å². The van der Waals surface area contributed by atoms with E-state index in [4.69, 9.17) is 9.84 Å². The van der Waals surface area contributed by atoms with Gasteiger partial charge in [0.25, 0.3) is 5.91 Å². The highest BCUT2D eigenvalue weighted by atomic mass is 16.5. The first-order valence-corrected chi connectivity index (χ1v) is 6.60. The summed E-state index contributed by atoms with van der Waals surface area (Å²) in [6.07, 6.45) is 0. The molecule has 0 aromatic heterocycles. The fraction of sp³-hybridized carbons (Fsp3) is 0.467. The Morgan fingerprint density at radius 1 is 1.10 bits per heavy atom. The second-order valence-corrected chi connectivity index (χ2v) is 5.11. The van der Waals surface area contributed by atoms with Crippen LogP contribution in [0.5, 0.6) is 5.75 Å². The Morgan fingerprint density at radius 3 is 2.00 bits per heavy atom. The van der Waals surface area contributed by atoms with E-state index in [1.54, 1.807) is 17.0 Å². The van der Waals surface area contributed by atoms with Gasteiger partial charge in [0.2, 0.25) is 0 Å². The summed E-state index contributed by atoms with van der Waals surface area (Å²) < 4.78 is 5.40. The molecule has 0 saturated carbocycles. The summed E-state index contributed by atoms with van der Waals surface area (Å²) in [4.78, 5) is 24.6. The fourth-order valence-corrected chi connectivity index (χ4v) is 2.09. The van der Waals surface area contributed by atoms with Crippen LogP contribution in [0.1, 0.15) is 38.1 Å². The second kappa shape index (κ2) is 6.93. The van der Waals surface area contributed by atoms with Gasteiger partial charge >= 0.3 is 5.97 Å². The molecule has 0 spiro atoms. The van der Waals surface area contributed by atoms with Gasteiger partial charge in [0, 0.05) is 12.1 Å². The zero-order chi connectivity index (χ0) is 15.3. The smallest absolute Gasteiger partial charge is 0.335 e. The van der Waals surface area contributed by atoms with Gasteiger partial charge in [-0.1, -0.05) is 0 Å². The van der Waals surface area contributed by atoms with Crippen molar-refractivity contribution < 1.29 is 19.4 Å². The summed E-state index contributed by atoms with van der Waals surface area (Å²) in [6, 6.07) is 6.22. The van der Waals surface area contributed by atoms with Crippen LogP contribution in [0, 0.1) is 0 Å². The number of carboxylic acids is 1. The summed E-state index contributed by atoms with van der Waals surface area (Å²) >= 11 is 0. The maximum absolute atomic E-state index is 12.1. The highest BCUT2D eigenvalue weighted by Gasteiger charge is 2.20. The van der Waals surface area contributed by atoms with E-state index in [-0.39, 0.29) is 30.2 Å². The molecule has 0 heterocycles. The van der Waals surface area contributed by atoms with Crippen molar-refractivity contribution in [3.05, 3.63) is 29.8 Å². The number of carbonyl (C=O) groups excluding carboxylic acids is 1. The predicted octanol–water partition coefficient (Wildman–Crippen LogP) is 2.41. The number of carboxylic acid groups (broad SMARTS) is 1. The maximum atomic E-state index is 12.1. The lowest BCUT2D eigenvalue weighted by Gasteiger charge is -2.30. The molecule has 1 rings (SSSR count). The van der Waals surface area contributed by atoms with Gasteiger partial charge in [0.15, 0.2) is 6.61 Å². The SMILES string of the molecule is CC(C)N(C(=O)COc1ccc(C(=O)O)cc1)C(C)C. The normalized spacial score (nSPS) is 10.7. The molecule has 0 unspecified atom stereocenters. The van der Waals surface area contributed by atoms with Gasteiger partial charge in [-0.05, 0) is 52.0 Å². The molecule has 0 radical (unpaired) electrons. The number of amides is 1. The van der Waals surface area contributed by atoms with Crippen LogP contribution in [-0.4, -0.2) is 40.6 Å². The molecule has 0 fully saturated rings. The lowest BCUT2D eigenvalue weighted by molar-refractivity contribution is -0.136. The van der Waals surface area contributed by atoms with E-state index in [1.807, 2.05) is 27.7 Å². The Balaban J connectivity index is 2.62. The zero-order valence-electron chi connectivity index (χ0n) is 12.3. The molecule has 0 aliphatic heterocycles. The van der Waals surface area contributed by atoms with E-state index < -0.39 is 5.97 Å². The summed E-state index contributed by atoms with van der Waals surface area (Å²) in [6.45, 7) is 7.78. The average molecular weight is 279 g/mol. The standard InChI is InChI=1S/C15H21NO4/c1-10(2)16(11(3)4)14(17)9-20-13-7-5-12(6-8-13)15(18)19/h5-8,10-11H,9H2,1-4H3,(H,18,19). The van der Waals surface area contributed by atoms with Crippen molar-refractivity contribution >= 4 is 11.9 Å². The summed E-state index contributed by atoms with van der Waals surface area (Å²) in [5.74, 6) is -0.591. The predicted molar refractivity (Wildman–Crippen MR) is 76.0 cm³/mol. The van der Waals surface area contributed by atoms with Crippen molar-refractivity contribution in [3.8, 4) is 5.75 Å². The van der Waals surface area contributed by atoms with Crippen LogP contribution in [0.15, 0.2) is 24.3 Å². The van der Waals surface area contributed by atoms with E-state index in [2.05, 4.69) is 0 Å². The Labute approximate surface area is 119 Å². The molecule has 0 saturated heterocycles. The molecule has 5 nitrogen and oxygen atoms in total. The van der Waals surface area contributed by atoms with Crippen LogP contribution in [0.4, 0.5) is 0 Å². The van der Waals surface area contributed by atoms with E-state index in [9.17, 15) is 9.59 Å². The Bertz CT molecular complexity index is 457. The van der Waals surface area contributed by atoms with Crippen molar-refractivity contribution in [2.45, 2.75) is 39.8 Å². The monoisotopic (exact) mass is 279 g/mol. The molecular weight excluding hydrogens is 258 g/mol. The first kappa shape index (κ1) is 16.0. The van der Waals surface area contributed by atoms with Gasteiger partial charge in [-0.3, -0.25) is 4.79 Å². The third kappa shape index (κ3) is 4.26. The van der Waals surface area contributed by atoms with Crippen LogP contribution in [0.25, 0.3) is 0 Å². The zero-order valence-corrected chi connectivity index (χ0v) is 12.3. The lowest BCUT2D eigenvalue weighted by Crippen LogP contribution is -2.44. The Hall–Kier alpha value is -2.04. The van der Waals surface area contributed by atoms with Crippen LogP contribution < -0.4 is 4.74 Å². The minimum atomic E-state index is -0.988. The quantitative estimate of drug-likeness (QED) is 0.868. The third-order valence-electron chi connectivity index (χ3n) is 2.86. The number of nitrogens with zero attached hydrogens (tertiary/aromatic N) is 1. The molecular formula is C15H21NO4. The van der Waals surface area contributed by atoms with Gasteiger partial charge < -0.3 is 14.7 Å². The number of ether oxygens (including phenoxy) is 1. The fourth-order valence-electron chi connectivity index (χ4n) is 2.09. The highest BCUT2D eigenvalue weighted by molar-refractivity contribution is 5.87. The number of hydrogen-bond donors (Lipinski definition) is 1. The van der Waals surface area contributed by atoms with Gasteiger partial charge in [-0.2, -0.15) is 0 Å². The van der Waals surface area contributed by atoms with Crippen LogP contribution in [-0.2, 0) is 4.79 Å². The molecule has 110 valence electrons. The van der Waals surface area contributed by atoms with Crippen molar-refractivity contribution in [1.29, 1.82) is 0 Å². The van der Waals surface area contributed by atoms with Crippen LogP contribution in [0.2, 0.25) is 0 Å². The summed E-state index contributed by atoms with van der Waals surface area (Å²) in [5, 5.41) is 8.79. The molecule has 0 bridgehead atoms. The molecule has 20 heavy (non-hydrogen) atoms. The van der Waals surface area contributed by atoms with Gasteiger partial charge in [-0.25, -0.2) is 4.79 Å². The highest BCUT2D eigenvalue weighted by Crippen LogP contribution is 2.13. The average Bonchev–Trinajstić information content (AvgIpc) is 2.36. The van der Waals surface area contributed by atoms with E-state index in [0.29, 0.717) is 5.75 Å². The molecule has 1 amide bonds. The number of rotatable bonds is 6. The number of carbonyl (C=O) groups is 2. The number of hydrogen-bond acceptors (Lipinski definition) is 3. The van der Waals surface area contributed by atoms with Crippen molar-refractivity contribution in [1.82, 2.24) is 4.90 Å². The molecule has 0 atom stereocenters. The molecule has 5 heteroatoms. The summed E-state index contributed by atoms with van der Waals surface area (Å²) in [7, 11) is 0. The first-order chi connectivity index (χ1) is 9.32. The lowest BCUT2D eigenvalue weighted by atomic mass is 10.2. The molecule has 1 aromatic rings. The van der Waals surface area contributed by atoms with Crippen LogP contribution in [0.3, 0.4) is 0 Å². The number of benzene rings is 1. The maximum Gasteiger partial charge on any atom is 0.335 e. The second-order valence-electron chi connectivity index (χ2n) is 5.11. The number of aromatic carboxylic acids is 1. The largest absolute Gasteiger partial charge is 0.484 e. The van der Waals surface area contributed by atoms with Crippen molar-refractivity contribution in [3.63, 3.8) is 0 Å². The first-order valence-electron chi connectivity index (χ1n) is 6.60. The minimum Gasteiger partial charge on any atom is -0.484 e. The van der Waals surface area contributed by atoms with Gasteiger partial charge in [0.1, 0.15) is 5.75 Å². The Morgan fingerprint density at radius 2 is 1.60 bits per heavy atom. The topological polar surface area (TPSA) is 66.8 Å². The van der Waals surface area contributed by atoms with Gasteiger partial charge in [0.05, 0.1) is 5.56 Å². The van der Waals surface area contributed by atoms with E-state index >= 15 is 0 Å². The van der Waals surface area contributed by atoms with Crippen molar-refractivity contribution in [2.24, 2.45) is 0 Å².